The second-order valence-electron chi connectivity index (χ2n) is 7.72. The number of carbonyl (C=O) groups is 1. The Morgan fingerprint density at radius 1 is 1.10 bits per heavy atom. The topological polar surface area (TPSA) is 91.3 Å². The minimum Gasteiger partial charge on any atom is -0.379 e. The number of amides is 1. The molecule has 1 N–H and O–H groups in total. The number of carbonyl (C=O) groups excluding carboxylic acids is 1. The van der Waals surface area contributed by atoms with Gasteiger partial charge in [-0.15, -0.1) is 0 Å². The molecule has 0 atom stereocenters. The molecule has 0 radical (unpaired) electrons. The van der Waals surface area contributed by atoms with Crippen molar-refractivity contribution in [1.29, 1.82) is 0 Å². The van der Waals surface area contributed by atoms with Crippen molar-refractivity contribution in [3.8, 4) is 0 Å². The van der Waals surface area contributed by atoms with Gasteiger partial charge in [-0.1, -0.05) is 19.1 Å². The number of aryl methyl sites for hydroxylation is 1. The van der Waals surface area contributed by atoms with E-state index in [0.29, 0.717) is 39.1 Å². The average Bonchev–Trinajstić information content (AvgIpc) is 2.78. The summed E-state index contributed by atoms with van der Waals surface area (Å²) in [7, 11) is -3.49. The van der Waals surface area contributed by atoms with E-state index in [9.17, 15) is 13.2 Å². The van der Waals surface area contributed by atoms with Gasteiger partial charge < -0.3 is 9.64 Å². The summed E-state index contributed by atoms with van der Waals surface area (Å²) in [6, 6.07) is 6.77. The van der Waals surface area contributed by atoms with E-state index in [1.165, 1.54) is 4.31 Å². The molecule has 1 amide bonds. The van der Waals surface area contributed by atoms with Crippen molar-refractivity contribution in [3.63, 3.8) is 0 Å². The van der Waals surface area contributed by atoms with Crippen molar-refractivity contribution in [2.75, 3.05) is 45.9 Å². The summed E-state index contributed by atoms with van der Waals surface area (Å²) in [4.78, 5) is 14.8. The quantitative estimate of drug-likeness (QED) is 0.626. The minimum atomic E-state index is -3.49. The van der Waals surface area contributed by atoms with E-state index in [1.54, 1.807) is 24.3 Å². The zero-order valence-corrected chi connectivity index (χ0v) is 18.5. The molecule has 0 spiro atoms. The van der Waals surface area contributed by atoms with Crippen LogP contribution in [-0.2, 0) is 26.0 Å². The Bertz CT molecular complexity index is 823. The van der Waals surface area contributed by atoms with Crippen LogP contribution < -0.4 is 5.43 Å². The molecule has 166 valence electrons. The number of sulfonamides is 1. The number of piperidine rings is 1. The molecule has 2 fully saturated rings. The lowest BCUT2D eigenvalue weighted by atomic mass is 10.1. The molecule has 30 heavy (non-hydrogen) atoms. The molecule has 0 bridgehead atoms. The number of morpholine rings is 1. The van der Waals surface area contributed by atoms with Gasteiger partial charge in [-0.3, -0.25) is 4.79 Å². The fourth-order valence-corrected chi connectivity index (χ4v) is 5.09. The number of ether oxygens (including phenoxy) is 1. The normalized spacial score (nSPS) is 18.9. The monoisotopic (exact) mass is 436 g/mol. The number of hydrogen-bond donors (Lipinski definition) is 1. The van der Waals surface area contributed by atoms with Crippen LogP contribution in [0.3, 0.4) is 0 Å². The summed E-state index contributed by atoms with van der Waals surface area (Å²) >= 11 is 0. The largest absolute Gasteiger partial charge is 0.379 e. The summed E-state index contributed by atoms with van der Waals surface area (Å²) in [5, 5.41) is 4.28. The first-order valence-corrected chi connectivity index (χ1v) is 12.2. The Kier molecular flexibility index (Phi) is 8.38. The minimum absolute atomic E-state index is 0.122. The molecule has 2 aliphatic heterocycles. The maximum Gasteiger partial charge on any atom is 0.243 e. The van der Waals surface area contributed by atoms with Gasteiger partial charge in [-0.05, 0) is 37.1 Å². The second kappa shape index (κ2) is 11.0. The third kappa shape index (κ3) is 6.34. The molecule has 2 saturated heterocycles. The van der Waals surface area contributed by atoms with Crippen LogP contribution >= 0.6 is 0 Å². The highest BCUT2D eigenvalue weighted by Gasteiger charge is 2.26. The first-order chi connectivity index (χ1) is 14.5. The number of nitrogens with one attached hydrogen (secondary N) is 1. The van der Waals surface area contributed by atoms with Crippen LogP contribution in [0.5, 0.6) is 0 Å². The molecule has 0 aliphatic carbocycles. The molecule has 1 aromatic carbocycles. The van der Waals surface area contributed by atoms with Crippen molar-refractivity contribution in [2.45, 2.75) is 43.9 Å². The third-order valence-electron chi connectivity index (χ3n) is 5.48. The van der Waals surface area contributed by atoms with Crippen LogP contribution in [0.4, 0.5) is 0 Å². The van der Waals surface area contributed by atoms with E-state index < -0.39 is 10.0 Å². The maximum absolute atomic E-state index is 12.6. The number of likely N-dealkylation sites (tertiary alicyclic amines) is 1. The molecule has 3 rings (SSSR count). The van der Waals surface area contributed by atoms with Gasteiger partial charge in [0.1, 0.15) is 0 Å². The van der Waals surface area contributed by atoms with Crippen molar-refractivity contribution in [2.24, 2.45) is 5.10 Å². The molecular weight excluding hydrogens is 404 g/mol. The van der Waals surface area contributed by atoms with E-state index in [1.807, 2.05) is 0 Å². The van der Waals surface area contributed by atoms with Crippen LogP contribution in [0.1, 0.15) is 38.2 Å². The maximum atomic E-state index is 12.6. The fourth-order valence-electron chi connectivity index (χ4n) is 3.68. The highest BCUT2D eigenvalue weighted by molar-refractivity contribution is 7.89. The predicted molar refractivity (Wildman–Crippen MR) is 116 cm³/mol. The van der Waals surface area contributed by atoms with E-state index in [4.69, 9.17) is 4.74 Å². The van der Waals surface area contributed by atoms with Crippen LogP contribution in [0.2, 0.25) is 0 Å². The van der Waals surface area contributed by atoms with Gasteiger partial charge in [0.25, 0.3) is 0 Å². The molecule has 0 saturated carbocycles. The third-order valence-corrected chi connectivity index (χ3v) is 7.40. The van der Waals surface area contributed by atoms with Crippen LogP contribution in [-0.4, -0.2) is 75.2 Å². The Hall–Kier alpha value is -1.81. The molecule has 2 heterocycles. The highest BCUT2D eigenvalue weighted by Crippen LogP contribution is 2.18. The molecule has 0 aromatic heterocycles. The van der Waals surface area contributed by atoms with Gasteiger partial charge >= 0.3 is 0 Å². The van der Waals surface area contributed by atoms with Gasteiger partial charge in [0.15, 0.2) is 0 Å². The zero-order valence-electron chi connectivity index (χ0n) is 17.7. The Labute approximate surface area is 179 Å². The summed E-state index contributed by atoms with van der Waals surface area (Å²) in [5.41, 5.74) is 4.64. The average molecular weight is 437 g/mol. The van der Waals surface area contributed by atoms with Crippen LogP contribution in [0, 0.1) is 0 Å². The summed E-state index contributed by atoms with van der Waals surface area (Å²) in [6.07, 6.45) is 3.81. The van der Waals surface area contributed by atoms with Gasteiger partial charge in [0.05, 0.1) is 18.1 Å². The predicted octanol–water partition coefficient (Wildman–Crippen LogP) is 1.62. The lowest BCUT2D eigenvalue weighted by Gasteiger charge is -2.26. The highest BCUT2D eigenvalue weighted by atomic mass is 32.2. The van der Waals surface area contributed by atoms with E-state index in [2.05, 4.69) is 22.4 Å². The van der Waals surface area contributed by atoms with Crippen LogP contribution in [0.15, 0.2) is 34.3 Å². The van der Waals surface area contributed by atoms with Gasteiger partial charge in [-0.25, -0.2) is 13.8 Å². The SMILES string of the molecule is CCCN1CCC(=NNC(=O)CCc2ccc(S(=O)(=O)N3CCOCC3)cc2)CC1. The molecule has 9 heteroatoms. The smallest absolute Gasteiger partial charge is 0.243 e. The summed E-state index contributed by atoms with van der Waals surface area (Å²) in [5.74, 6) is -0.122. The number of rotatable bonds is 8. The lowest BCUT2D eigenvalue weighted by molar-refractivity contribution is -0.121. The van der Waals surface area contributed by atoms with E-state index in [-0.39, 0.29) is 10.8 Å². The second-order valence-corrected chi connectivity index (χ2v) is 9.65. The van der Waals surface area contributed by atoms with Gasteiger partial charge in [0.2, 0.25) is 15.9 Å². The number of hydrogen-bond acceptors (Lipinski definition) is 6. The van der Waals surface area contributed by atoms with Crippen molar-refractivity contribution < 1.29 is 17.9 Å². The van der Waals surface area contributed by atoms with Crippen molar-refractivity contribution in [1.82, 2.24) is 14.6 Å². The van der Waals surface area contributed by atoms with E-state index in [0.717, 1.165) is 50.2 Å². The van der Waals surface area contributed by atoms with Crippen molar-refractivity contribution >= 4 is 21.6 Å². The fraction of sp³-hybridized carbons (Fsp3) is 0.619. The van der Waals surface area contributed by atoms with Crippen molar-refractivity contribution in [3.05, 3.63) is 29.8 Å². The zero-order chi connectivity index (χ0) is 21.4. The van der Waals surface area contributed by atoms with E-state index >= 15 is 0 Å². The Morgan fingerprint density at radius 2 is 1.77 bits per heavy atom. The Balaban J connectivity index is 1.44. The Morgan fingerprint density at radius 3 is 2.40 bits per heavy atom. The first-order valence-electron chi connectivity index (χ1n) is 10.7. The summed E-state index contributed by atoms with van der Waals surface area (Å²) < 4.78 is 32.0. The summed E-state index contributed by atoms with van der Waals surface area (Å²) in [6.45, 7) is 6.91. The lowest BCUT2D eigenvalue weighted by Crippen LogP contribution is -2.40. The van der Waals surface area contributed by atoms with Gasteiger partial charge in [-0.2, -0.15) is 9.41 Å². The molecule has 1 aromatic rings. The molecule has 2 aliphatic rings. The number of nitrogens with zero attached hydrogens (tertiary/aromatic N) is 3. The molecule has 0 unspecified atom stereocenters. The number of hydrazone groups is 1. The van der Waals surface area contributed by atoms with Crippen LogP contribution in [0.25, 0.3) is 0 Å². The first kappa shape index (κ1) is 22.9. The molecular formula is C21H32N4O4S. The number of benzene rings is 1. The standard InChI is InChI=1S/C21H32N4O4S/c1-2-11-24-12-9-19(10-13-24)22-23-21(26)8-5-18-3-6-20(7-4-18)30(27,28)25-14-16-29-17-15-25/h3-4,6-7H,2,5,8-17H2,1H3,(H,23,26). The van der Waals surface area contributed by atoms with Gasteiger partial charge in [0, 0.05) is 51.2 Å². The molecule has 8 nitrogen and oxygen atoms in total.